The number of ether oxygens (including phenoxy) is 1. The third kappa shape index (κ3) is 3.60. The molecule has 0 aliphatic carbocycles. The molecule has 0 fully saturated rings. The molecule has 1 amide bonds. The number of hydrogen-bond acceptors (Lipinski definition) is 3. The number of aliphatic hydroxyl groups excluding tert-OH is 1. The minimum Gasteiger partial charge on any atom is -0.494 e. The van der Waals surface area contributed by atoms with E-state index in [1.54, 1.807) is 11.8 Å². The maximum absolute atomic E-state index is 12.7. The molecule has 2 N–H and O–H groups in total. The van der Waals surface area contributed by atoms with Gasteiger partial charge in [0.25, 0.3) is 5.91 Å². The van der Waals surface area contributed by atoms with Crippen LogP contribution in [0.4, 0.5) is 0 Å². The molecular weight excluding hydrogens is 280 g/mol. The minimum atomic E-state index is -0.555. The summed E-state index contributed by atoms with van der Waals surface area (Å²) >= 11 is 0. The van der Waals surface area contributed by atoms with E-state index in [1.165, 1.54) is 0 Å². The zero-order chi connectivity index (χ0) is 16.3. The average molecular weight is 304 g/mol. The second-order valence-corrected chi connectivity index (χ2v) is 5.77. The van der Waals surface area contributed by atoms with E-state index in [-0.39, 0.29) is 11.9 Å². The van der Waals surface area contributed by atoms with Crippen molar-refractivity contribution in [2.24, 2.45) is 0 Å². The fourth-order valence-corrected chi connectivity index (χ4v) is 2.45. The van der Waals surface area contributed by atoms with Crippen molar-refractivity contribution in [3.05, 3.63) is 30.0 Å². The Hall–Kier alpha value is -2.01. The number of nitrogens with zero attached hydrogens (tertiary/aromatic N) is 1. The number of aromatic nitrogens is 1. The average Bonchev–Trinajstić information content (AvgIpc) is 2.87. The van der Waals surface area contributed by atoms with Gasteiger partial charge in [-0.2, -0.15) is 0 Å². The highest BCUT2D eigenvalue weighted by Crippen LogP contribution is 2.22. The van der Waals surface area contributed by atoms with E-state index >= 15 is 0 Å². The molecule has 2 aromatic rings. The zero-order valence-electron chi connectivity index (χ0n) is 13.6. The van der Waals surface area contributed by atoms with Crippen LogP contribution in [0.3, 0.4) is 0 Å². The smallest absolute Gasteiger partial charge is 0.270 e. The number of carbonyl (C=O) groups excluding carboxylic acids is 1. The summed E-state index contributed by atoms with van der Waals surface area (Å²) in [5.74, 6) is 0.672. The van der Waals surface area contributed by atoms with Crippen LogP contribution in [-0.2, 0) is 0 Å². The van der Waals surface area contributed by atoms with E-state index in [0.29, 0.717) is 18.8 Å². The molecule has 1 heterocycles. The Kier molecular flexibility index (Phi) is 5.08. The number of nitrogens with one attached hydrogen (secondary N) is 1. The predicted molar refractivity (Wildman–Crippen MR) is 87.3 cm³/mol. The van der Waals surface area contributed by atoms with Crippen LogP contribution in [0.5, 0.6) is 5.75 Å². The normalized spacial score (nSPS) is 12.6. The third-order valence-corrected chi connectivity index (χ3v) is 3.48. The Morgan fingerprint density at radius 1 is 1.32 bits per heavy atom. The van der Waals surface area contributed by atoms with Gasteiger partial charge >= 0.3 is 0 Å². The number of hydrogen-bond donors (Lipinski definition) is 2. The summed E-state index contributed by atoms with van der Waals surface area (Å²) in [6.07, 6.45) is -0.555. The van der Waals surface area contributed by atoms with Crippen LogP contribution in [0.15, 0.2) is 24.3 Å². The number of aromatic amines is 1. The molecule has 22 heavy (non-hydrogen) atoms. The van der Waals surface area contributed by atoms with Gasteiger partial charge in [0.2, 0.25) is 0 Å². The van der Waals surface area contributed by atoms with Crippen LogP contribution in [0.1, 0.15) is 38.2 Å². The molecular formula is C17H24N2O3. The molecule has 0 spiro atoms. The maximum atomic E-state index is 12.7. The number of carbonyl (C=O) groups is 1. The summed E-state index contributed by atoms with van der Waals surface area (Å²) in [7, 11) is 0. The molecule has 1 aromatic heterocycles. The molecule has 5 heteroatoms. The van der Waals surface area contributed by atoms with E-state index in [0.717, 1.165) is 16.7 Å². The van der Waals surface area contributed by atoms with Crippen molar-refractivity contribution in [1.82, 2.24) is 9.88 Å². The predicted octanol–water partition coefficient (Wildman–Crippen LogP) is 2.80. The van der Waals surface area contributed by atoms with Gasteiger partial charge in [-0.15, -0.1) is 0 Å². The summed E-state index contributed by atoms with van der Waals surface area (Å²) in [6, 6.07) is 7.58. The maximum Gasteiger partial charge on any atom is 0.270 e. The van der Waals surface area contributed by atoms with Crippen LogP contribution in [0.2, 0.25) is 0 Å². The van der Waals surface area contributed by atoms with Crippen molar-refractivity contribution >= 4 is 16.8 Å². The van der Waals surface area contributed by atoms with Gasteiger partial charge in [-0.1, -0.05) is 0 Å². The van der Waals surface area contributed by atoms with Crippen molar-refractivity contribution in [2.45, 2.75) is 39.8 Å². The fraction of sp³-hybridized carbons (Fsp3) is 0.471. The van der Waals surface area contributed by atoms with Gasteiger partial charge in [0.05, 0.1) is 12.7 Å². The number of fused-ring (bicyclic) bond motifs is 1. The van der Waals surface area contributed by atoms with E-state index in [4.69, 9.17) is 4.74 Å². The third-order valence-electron chi connectivity index (χ3n) is 3.48. The summed E-state index contributed by atoms with van der Waals surface area (Å²) in [6.45, 7) is 8.42. The van der Waals surface area contributed by atoms with E-state index in [9.17, 15) is 9.90 Å². The van der Waals surface area contributed by atoms with Crippen molar-refractivity contribution in [3.8, 4) is 5.75 Å². The first-order valence-electron chi connectivity index (χ1n) is 7.67. The Morgan fingerprint density at radius 2 is 2.05 bits per heavy atom. The lowest BCUT2D eigenvalue weighted by atomic mass is 10.2. The van der Waals surface area contributed by atoms with Crippen molar-refractivity contribution in [3.63, 3.8) is 0 Å². The number of amides is 1. The van der Waals surface area contributed by atoms with Crippen molar-refractivity contribution in [1.29, 1.82) is 0 Å². The zero-order valence-corrected chi connectivity index (χ0v) is 13.6. The van der Waals surface area contributed by atoms with Crippen LogP contribution in [0, 0.1) is 0 Å². The molecule has 0 aliphatic heterocycles. The minimum absolute atomic E-state index is 0.0208. The molecule has 0 radical (unpaired) electrons. The highest BCUT2D eigenvalue weighted by molar-refractivity contribution is 5.98. The standard InChI is InChI=1S/C17H24N2O3/c1-5-22-14-7-6-13-8-16(18-15(13)9-14)17(21)19(11(2)3)10-12(4)20/h6-9,11-12,18,20H,5,10H2,1-4H3. The second-order valence-electron chi connectivity index (χ2n) is 5.77. The summed E-state index contributed by atoms with van der Waals surface area (Å²) < 4.78 is 5.47. The lowest BCUT2D eigenvalue weighted by molar-refractivity contribution is 0.0574. The SMILES string of the molecule is CCOc1ccc2cc(C(=O)N(CC(C)O)C(C)C)[nH]c2c1. The molecule has 0 bridgehead atoms. The van der Waals surface area contributed by atoms with Crippen LogP contribution >= 0.6 is 0 Å². The first kappa shape index (κ1) is 16.4. The number of rotatable bonds is 6. The Labute approximate surface area is 130 Å². The molecule has 5 nitrogen and oxygen atoms in total. The highest BCUT2D eigenvalue weighted by Gasteiger charge is 2.21. The van der Waals surface area contributed by atoms with Gasteiger partial charge in [-0.25, -0.2) is 0 Å². The lowest BCUT2D eigenvalue weighted by Gasteiger charge is -2.27. The highest BCUT2D eigenvalue weighted by atomic mass is 16.5. The molecule has 1 atom stereocenters. The molecule has 0 aliphatic rings. The molecule has 1 unspecified atom stereocenters. The largest absolute Gasteiger partial charge is 0.494 e. The quantitative estimate of drug-likeness (QED) is 0.862. The van der Waals surface area contributed by atoms with E-state index < -0.39 is 6.10 Å². The Balaban J connectivity index is 2.30. The second kappa shape index (κ2) is 6.83. The molecule has 120 valence electrons. The van der Waals surface area contributed by atoms with Gasteiger partial charge in [-0.3, -0.25) is 4.79 Å². The lowest BCUT2D eigenvalue weighted by Crippen LogP contribution is -2.41. The van der Waals surface area contributed by atoms with Crippen LogP contribution in [0.25, 0.3) is 10.9 Å². The van der Waals surface area contributed by atoms with Gasteiger partial charge in [0, 0.05) is 29.6 Å². The van der Waals surface area contributed by atoms with Crippen LogP contribution in [-0.4, -0.2) is 46.2 Å². The first-order valence-corrected chi connectivity index (χ1v) is 7.67. The van der Waals surface area contributed by atoms with Crippen molar-refractivity contribution < 1.29 is 14.6 Å². The first-order chi connectivity index (χ1) is 10.4. The summed E-state index contributed by atoms with van der Waals surface area (Å²) in [5, 5.41) is 10.5. The van der Waals surface area contributed by atoms with Crippen LogP contribution < -0.4 is 4.74 Å². The number of aliphatic hydroxyl groups is 1. The molecule has 1 aromatic carbocycles. The number of H-pyrrole nitrogens is 1. The molecule has 2 rings (SSSR count). The van der Waals surface area contributed by atoms with Gasteiger partial charge in [-0.05, 0) is 45.9 Å². The Bertz CT molecular complexity index is 646. The van der Waals surface area contributed by atoms with Gasteiger partial charge in [0.1, 0.15) is 11.4 Å². The summed E-state index contributed by atoms with van der Waals surface area (Å²) in [5.41, 5.74) is 1.40. The van der Waals surface area contributed by atoms with E-state index in [2.05, 4.69) is 4.98 Å². The fourth-order valence-electron chi connectivity index (χ4n) is 2.45. The molecule has 0 saturated carbocycles. The van der Waals surface area contributed by atoms with Gasteiger partial charge in [0.15, 0.2) is 0 Å². The number of benzene rings is 1. The topological polar surface area (TPSA) is 65.6 Å². The summed E-state index contributed by atoms with van der Waals surface area (Å²) in [4.78, 5) is 17.5. The monoisotopic (exact) mass is 304 g/mol. The molecule has 0 saturated heterocycles. The van der Waals surface area contributed by atoms with Gasteiger partial charge < -0.3 is 19.7 Å². The van der Waals surface area contributed by atoms with E-state index in [1.807, 2.05) is 45.0 Å². The Morgan fingerprint density at radius 3 is 2.64 bits per heavy atom. The van der Waals surface area contributed by atoms with Crippen molar-refractivity contribution in [2.75, 3.05) is 13.2 Å².